The largest absolute Gasteiger partial charge is 0.396 e. The highest BCUT2D eigenvalue weighted by Crippen LogP contribution is 2.21. The fourth-order valence-electron chi connectivity index (χ4n) is 1.65. The molecule has 0 radical (unpaired) electrons. The average Bonchev–Trinajstić information content (AvgIpc) is 2.38. The zero-order chi connectivity index (χ0) is 17.3. The number of ether oxygens (including phenoxy) is 2. The summed E-state index contributed by atoms with van der Waals surface area (Å²) in [6.45, 7) is 4.17. The number of hydrogen-bond acceptors (Lipinski definition) is 8. The molecule has 0 aliphatic rings. The number of rotatable bonds is 10. The molecule has 22 heavy (non-hydrogen) atoms. The smallest absolute Gasteiger partial charge is 0.373 e. The molecule has 8 heteroatoms. The molecule has 0 bridgehead atoms. The van der Waals surface area contributed by atoms with Crippen LogP contribution in [0, 0.1) is 0 Å². The number of aliphatic hydroxyl groups is 4. The van der Waals surface area contributed by atoms with Crippen LogP contribution in [0.15, 0.2) is 0 Å². The average molecular weight is 322 g/mol. The summed E-state index contributed by atoms with van der Waals surface area (Å²) in [7, 11) is 0. The van der Waals surface area contributed by atoms with Crippen LogP contribution in [-0.4, -0.2) is 56.6 Å². The second kappa shape index (κ2) is 9.73. The molecule has 4 N–H and O–H groups in total. The summed E-state index contributed by atoms with van der Waals surface area (Å²) in [5, 5.41) is 37.9. The van der Waals surface area contributed by atoms with Crippen molar-refractivity contribution >= 4 is 11.9 Å². The van der Waals surface area contributed by atoms with Crippen molar-refractivity contribution in [2.24, 2.45) is 0 Å². The van der Waals surface area contributed by atoms with Crippen molar-refractivity contribution in [2.45, 2.75) is 77.2 Å². The second-order valence-electron chi connectivity index (χ2n) is 5.24. The molecule has 8 nitrogen and oxygen atoms in total. The quantitative estimate of drug-likeness (QED) is 0.321. The lowest BCUT2D eigenvalue weighted by molar-refractivity contribution is -0.333. The summed E-state index contributed by atoms with van der Waals surface area (Å²) in [5.41, 5.74) is 0. The van der Waals surface area contributed by atoms with E-state index in [1.165, 1.54) is 0 Å². The summed E-state index contributed by atoms with van der Waals surface area (Å²) < 4.78 is 9.19. The molecule has 3 atom stereocenters. The van der Waals surface area contributed by atoms with E-state index in [4.69, 9.17) is 10.2 Å². The van der Waals surface area contributed by atoms with Crippen LogP contribution in [0.2, 0.25) is 0 Å². The fraction of sp³-hybridized carbons (Fsp3) is 0.857. The van der Waals surface area contributed by atoms with E-state index in [1.54, 1.807) is 0 Å². The van der Waals surface area contributed by atoms with Crippen molar-refractivity contribution in [2.75, 3.05) is 0 Å². The maximum atomic E-state index is 11.4. The minimum absolute atomic E-state index is 0.206. The van der Waals surface area contributed by atoms with Crippen LogP contribution in [0.5, 0.6) is 0 Å². The van der Waals surface area contributed by atoms with E-state index < -0.39 is 36.2 Å². The Labute approximate surface area is 129 Å². The Morgan fingerprint density at radius 1 is 1.00 bits per heavy atom. The maximum absolute atomic E-state index is 11.4. The lowest BCUT2D eigenvalue weighted by Gasteiger charge is -2.28. The van der Waals surface area contributed by atoms with Crippen LogP contribution in [-0.2, 0) is 19.1 Å². The van der Waals surface area contributed by atoms with E-state index in [1.807, 2.05) is 6.92 Å². The first-order chi connectivity index (χ1) is 10.1. The van der Waals surface area contributed by atoms with Gasteiger partial charge in [0.1, 0.15) is 12.2 Å². The number of hydrogen-bond donors (Lipinski definition) is 4. The van der Waals surface area contributed by atoms with Gasteiger partial charge in [-0.25, -0.2) is 9.59 Å². The molecule has 0 aromatic rings. The predicted molar refractivity (Wildman–Crippen MR) is 75.3 cm³/mol. The molecule has 0 saturated heterocycles. The molecular formula is C14H26O8. The van der Waals surface area contributed by atoms with E-state index in [9.17, 15) is 19.8 Å². The summed E-state index contributed by atoms with van der Waals surface area (Å²) in [5.74, 6) is -4.93. The van der Waals surface area contributed by atoms with Gasteiger partial charge in [0.25, 0.3) is 0 Å². The fourth-order valence-corrected chi connectivity index (χ4v) is 1.65. The number of aliphatic hydroxyl groups excluding tert-OH is 3. The lowest BCUT2D eigenvalue weighted by Crippen LogP contribution is -2.44. The highest BCUT2D eigenvalue weighted by atomic mass is 16.8. The van der Waals surface area contributed by atoms with E-state index in [-0.39, 0.29) is 12.8 Å². The van der Waals surface area contributed by atoms with E-state index >= 15 is 0 Å². The summed E-state index contributed by atoms with van der Waals surface area (Å²) in [6, 6.07) is 0. The molecule has 0 fully saturated rings. The summed E-state index contributed by atoms with van der Waals surface area (Å²) in [6.07, 6.45) is -1.99. The SMILES string of the molecule is CCCC(O)CCCC(O)(OC(=O)C(C)O)OC(=O)C(C)O. The minimum Gasteiger partial charge on any atom is -0.396 e. The lowest BCUT2D eigenvalue weighted by atomic mass is 10.1. The van der Waals surface area contributed by atoms with Gasteiger partial charge < -0.3 is 29.9 Å². The molecule has 0 aliphatic heterocycles. The Morgan fingerprint density at radius 2 is 1.45 bits per heavy atom. The van der Waals surface area contributed by atoms with Gasteiger partial charge in [-0.3, -0.25) is 0 Å². The maximum Gasteiger partial charge on any atom is 0.373 e. The van der Waals surface area contributed by atoms with Crippen LogP contribution in [0.4, 0.5) is 0 Å². The van der Waals surface area contributed by atoms with Crippen molar-refractivity contribution < 1.29 is 39.5 Å². The number of carbonyl (C=O) groups is 2. The topological polar surface area (TPSA) is 134 Å². The third-order valence-electron chi connectivity index (χ3n) is 2.85. The third kappa shape index (κ3) is 8.28. The van der Waals surface area contributed by atoms with E-state index in [0.717, 1.165) is 20.3 Å². The van der Waals surface area contributed by atoms with Crippen molar-refractivity contribution in [1.29, 1.82) is 0 Å². The van der Waals surface area contributed by atoms with Crippen LogP contribution in [0.25, 0.3) is 0 Å². The Balaban J connectivity index is 4.70. The molecule has 3 unspecified atom stereocenters. The van der Waals surface area contributed by atoms with Gasteiger partial charge in [-0.2, -0.15) is 0 Å². The Morgan fingerprint density at radius 3 is 1.82 bits per heavy atom. The predicted octanol–water partition coefficient (Wildman–Crippen LogP) is -0.188. The zero-order valence-electron chi connectivity index (χ0n) is 13.2. The zero-order valence-corrected chi connectivity index (χ0v) is 13.2. The summed E-state index contributed by atoms with van der Waals surface area (Å²) in [4.78, 5) is 22.7. The molecule has 0 aliphatic carbocycles. The molecule has 0 amide bonds. The van der Waals surface area contributed by atoms with Gasteiger partial charge in [0.15, 0.2) is 0 Å². The Kier molecular flexibility index (Phi) is 9.19. The highest BCUT2D eigenvalue weighted by Gasteiger charge is 2.38. The molecule has 0 aromatic carbocycles. The number of esters is 2. The van der Waals surface area contributed by atoms with Crippen molar-refractivity contribution in [3.05, 3.63) is 0 Å². The standard InChI is InChI=1S/C14H26O8/c1-4-6-11(17)7-5-8-14(20,21-12(18)9(2)15)22-13(19)10(3)16/h9-11,15-17,20H,4-8H2,1-3H3. The molecule has 0 rings (SSSR count). The monoisotopic (exact) mass is 322 g/mol. The van der Waals surface area contributed by atoms with Crippen molar-refractivity contribution in [3.8, 4) is 0 Å². The molecule has 0 aromatic heterocycles. The first kappa shape index (κ1) is 20.8. The molecule has 0 heterocycles. The van der Waals surface area contributed by atoms with Gasteiger partial charge in [0.2, 0.25) is 0 Å². The van der Waals surface area contributed by atoms with Crippen LogP contribution in [0.1, 0.15) is 52.9 Å². The van der Waals surface area contributed by atoms with Gasteiger partial charge in [0.05, 0.1) is 12.5 Å². The molecule has 0 saturated carbocycles. The molecular weight excluding hydrogens is 296 g/mol. The molecule has 130 valence electrons. The van der Waals surface area contributed by atoms with Crippen molar-refractivity contribution in [3.63, 3.8) is 0 Å². The van der Waals surface area contributed by atoms with Gasteiger partial charge in [-0.1, -0.05) is 13.3 Å². The van der Waals surface area contributed by atoms with Gasteiger partial charge in [-0.15, -0.1) is 0 Å². The van der Waals surface area contributed by atoms with Crippen LogP contribution >= 0.6 is 0 Å². The minimum atomic E-state index is -2.59. The van der Waals surface area contributed by atoms with Gasteiger partial charge in [-0.05, 0) is 33.1 Å². The first-order valence-corrected chi connectivity index (χ1v) is 7.33. The second-order valence-corrected chi connectivity index (χ2v) is 5.24. The van der Waals surface area contributed by atoms with Crippen LogP contribution < -0.4 is 0 Å². The third-order valence-corrected chi connectivity index (χ3v) is 2.85. The highest BCUT2D eigenvalue weighted by molar-refractivity contribution is 5.76. The van der Waals surface area contributed by atoms with E-state index in [0.29, 0.717) is 12.8 Å². The van der Waals surface area contributed by atoms with Gasteiger partial charge >= 0.3 is 17.9 Å². The Bertz CT molecular complexity index is 331. The number of carbonyl (C=O) groups excluding carboxylic acids is 2. The first-order valence-electron chi connectivity index (χ1n) is 7.33. The van der Waals surface area contributed by atoms with E-state index in [2.05, 4.69) is 9.47 Å². The van der Waals surface area contributed by atoms with Gasteiger partial charge in [0, 0.05) is 0 Å². The molecule has 0 spiro atoms. The summed E-state index contributed by atoms with van der Waals surface area (Å²) >= 11 is 0. The normalized spacial score (nSPS) is 18.0. The van der Waals surface area contributed by atoms with Crippen LogP contribution in [0.3, 0.4) is 0 Å². The van der Waals surface area contributed by atoms with Crippen molar-refractivity contribution in [1.82, 2.24) is 0 Å². The Hall–Kier alpha value is -1.22.